The van der Waals surface area contributed by atoms with Gasteiger partial charge in [-0.2, -0.15) is 13.2 Å². The molecule has 0 spiro atoms. The third-order valence-corrected chi connectivity index (χ3v) is 18.5. The lowest BCUT2D eigenvalue weighted by Crippen LogP contribution is -2.64. The van der Waals surface area contributed by atoms with Crippen LogP contribution < -0.4 is 57.3 Å². The molecule has 4 aliphatic heterocycles. The SMILES string of the molecule is Fc1cccc(F)c1N(c1ccccc1)c1cc2c3c(c1)N(c1c(F)cccc1F)c1ccccc1B3c1cc3c(cc1S2)N(c1ccccc1C(F)(F)F)c1cc(N(c2ccccc2)c2c(F)cccc2F)cc2c1B3c1ccccc1N2c1c(F)cccc1F. The van der Waals surface area contributed by atoms with Crippen molar-refractivity contribution in [3.8, 4) is 0 Å². The van der Waals surface area contributed by atoms with E-state index in [0.29, 0.717) is 48.5 Å². The fourth-order valence-corrected chi connectivity index (χ4v) is 15.0. The van der Waals surface area contributed by atoms with E-state index in [-0.39, 0.29) is 56.6 Å². The van der Waals surface area contributed by atoms with Gasteiger partial charge in [-0.05, 0) is 155 Å². The van der Waals surface area contributed by atoms with Crippen molar-refractivity contribution in [3.05, 3.63) is 295 Å². The van der Waals surface area contributed by atoms with Crippen LogP contribution in [-0.4, -0.2) is 13.4 Å². The third kappa shape index (κ3) is 8.72. The molecule has 0 radical (unpaired) electrons. The maximum atomic E-state index is 17.0. The Morgan fingerprint density at radius 1 is 0.293 bits per heavy atom. The zero-order valence-corrected chi connectivity index (χ0v) is 48.4. The third-order valence-electron chi connectivity index (χ3n) is 17.4. The number of hydrogen-bond acceptors (Lipinski definition) is 6. The predicted molar refractivity (Wildman–Crippen MR) is 344 cm³/mol. The number of halogens is 11. The normalized spacial score (nSPS) is 13.2. The largest absolute Gasteiger partial charge is 0.418 e. The van der Waals surface area contributed by atoms with Crippen LogP contribution in [0.3, 0.4) is 0 Å². The van der Waals surface area contributed by atoms with Crippen molar-refractivity contribution in [2.45, 2.75) is 16.0 Å². The molecule has 4 aliphatic rings. The number of para-hydroxylation sites is 9. The highest BCUT2D eigenvalue weighted by Crippen LogP contribution is 2.54. The fourth-order valence-electron chi connectivity index (χ4n) is 13.8. The molecule has 4 heterocycles. The number of nitrogens with zero attached hydrogens (tertiary/aromatic N) is 5. The quantitative estimate of drug-likeness (QED) is 0.105. The van der Waals surface area contributed by atoms with Crippen molar-refractivity contribution in [1.82, 2.24) is 0 Å². The summed E-state index contributed by atoms with van der Waals surface area (Å²) in [6.45, 7) is -1.81. The van der Waals surface area contributed by atoms with Crippen molar-refractivity contribution in [3.63, 3.8) is 0 Å². The molecular weight excluding hydrogens is 1210 g/mol. The molecule has 0 N–H and O–H groups in total. The van der Waals surface area contributed by atoms with E-state index in [2.05, 4.69) is 0 Å². The van der Waals surface area contributed by atoms with Gasteiger partial charge in [0.1, 0.15) is 69.3 Å². The van der Waals surface area contributed by atoms with Gasteiger partial charge in [0.2, 0.25) is 6.71 Å². The van der Waals surface area contributed by atoms with Crippen LogP contribution in [0, 0.1) is 46.5 Å². The van der Waals surface area contributed by atoms with Crippen molar-refractivity contribution in [1.29, 1.82) is 0 Å². The second-order valence-electron chi connectivity index (χ2n) is 22.5. The molecule has 0 aromatic heterocycles. The molecule has 16 rings (SSSR count). The van der Waals surface area contributed by atoms with Crippen LogP contribution in [0.4, 0.5) is 134 Å². The van der Waals surface area contributed by atoms with E-state index >= 15 is 48.3 Å². The van der Waals surface area contributed by atoms with Crippen molar-refractivity contribution >= 4 is 143 Å². The highest BCUT2D eigenvalue weighted by molar-refractivity contribution is 8.00. The minimum absolute atomic E-state index is 0.0167. The maximum Gasteiger partial charge on any atom is 0.418 e. The van der Waals surface area contributed by atoms with E-state index in [9.17, 15) is 0 Å². The molecule has 0 amide bonds. The molecule has 12 aromatic rings. The van der Waals surface area contributed by atoms with E-state index in [0.717, 1.165) is 54.6 Å². The first kappa shape index (κ1) is 56.6. The van der Waals surface area contributed by atoms with Crippen LogP contribution in [0.25, 0.3) is 0 Å². The monoisotopic (exact) mass is 1250 g/mol. The second-order valence-corrected chi connectivity index (χ2v) is 23.5. The molecule has 92 heavy (non-hydrogen) atoms. The van der Waals surface area contributed by atoms with E-state index < -0.39 is 94.5 Å². The average molecular weight is 1250 g/mol. The Morgan fingerprint density at radius 2 is 0.685 bits per heavy atom. The summed E-state index contributed by atoms with van der Waals surface area (Å²) in [4.78, 5) is 7.82. The Balaban J connectivity index is 1.03. The van der Waals surface area contributed by atoms with Gasteiger partial charge in [0.15, 0.2) is 0 Å². The van der Waals surface area contributed by atoms with E-state index in [1.54, 1.807) is 121 Å². The van der Waals surface area contributed by atoms with E-state index in [1.165, 1.54) is 90.9 Å². The van der Waals surface area contributed by atoms with Crippen molar-refractivity contribution in [2.75, 3.05) is 24.5 Å². The lowest BCUT2D eigenvalue weighted by atomic mass is 9.31. The van der Waals surface area contributed by atoms with Gasteiger partial charge in [0.25, 0.3) is 6.71 Å². The summed E-state index contributed by atoms with van der Waals surface area (Å²) in [7, 11) is 0. The van der Waals surface area contributed by atoms with Crippen LogP contribution in [0.15, 0.2) is 252 Å². The molecule has 0 unspecified atom stereocenters. The molecule has 0 atom stereocenters. The average Bonchev–Trinajstić information content (AvgIpc) is 0.691. The van der Waals surface area contributed by atoms with Gasteiger partial charge in [0, 0.05) is 61.0 Å². The van der Waals surface area contributed by atoms with E-state index in [4.69, 9.17) is 0 Å². The molecule has 5 nitrogen and oxygen atoms in total. The van der Waals surface area contributed by atoms with Crippen LogP contribution in [0.1, 0.15) is 5.56 Å². The van der Waals surface area contributed by atoms with Gasteiger partial charge in [-0.3, -0.25) is 0 Å². The summed E-state index contributed by atoms with van der Waals surface area (Å²) in [6, 6.07) is 59.1. The molecular formula is C73H40B2F11N5S. The molecule has 446 valence electrons. The Bertz CT molecular complexity index is 4960. The minimum atomic E-state index is -5.01. The van der Waals surface area contributed by atoms with E-state index in [1.807, 2.05) is 12.1 Å². The van der Waals surface area contributed by atoms with Crippen LogP contribution in [-0.2, 0) is 6.18 Å². The lowest BCUT2D eigenvalue weighted by molar-refractivity contribution is -0.137. The van der Waals surface area contributed by atoms with Gasteiger partial charge in [0.05, 0.1) is 16.9 Å². The number of alkyl halides is 3. The minimum Gasteiger partial charge on any atom is -0.311 e. The molecule has 0 bridgehead atoms. The Morgan fingerprint density at radius 3 is 1.16 bits per heavy atom. The Hall–Kier alpha value is -10.7. The Labute approximate surface area is 524 Å². The molecule has 0 saturated heterocycles. The summed E-state index contributed by atoms with van der Waals surface area (Å²) in [5, 5.41) is 0. The summed E-state index contributed by atoms with van der Waals surface area (Å²) in [6.07, 6.45) is -5.01. The molecule has 0 saturated carbocycles. The summed E-state index contributed by atoms with van der Waals surface area (Å²) >= 11 is 1.18. The van der Waals surface area contributed by atoms with Gasteiger partial charge < -0.3 is 24.5 Å². The van der Waals surface area contributed by atoms with Crippen LogP contribution in [0.5, 0.6) is 0 Å². The molecule has 0 fully saturated rings. The van der Waals surface area contributed by atoms with Gasteiger partial charge in [-0.1, -0.05) is 132 Å². The van der Waals surface area contributed by atoms with Crippen LogP contribution in [0.2, 0.25) is 0 Å². The first-order valence-corrected chi connectivity index (χ1v) is 29.9. The van der Waals surface area contributed by atoms with Crippen molar-refractivity contribution < 1.29 is 48.3 Å². The fraction of sp³-hybridized carbons (Fsp3) is 0.0137. The van der Waals surface area contributed by atoms with Gasteiger partial charge in [-0.25, -0.2) is 35.1 Å². The number of fused-ring (bicyclic) bond motifs is 8. The molecule has 12 aromatic carbocycles. The highest BCUT2D eigenvalue weighted by Gasteiger charge is 2.50. The molecule has 0 aliphatic carbocycles. The summed E-state index contributed by atoms with van der Waals surface area (Å²) in [5.74, 6) is -7.68. The van der Waals surface area contributed by atoms with Crippen molar-refractivity contribution in [2.24, 2.45) is 0 Å². The van der Waals surface area contributed by atoms with Gasteiger partial charge in [-0.15, -0.1) is 0 Å². The zero-order valence-electron chi connectivity index (χ0n) is 47.6. The molecule has 19 heteroatoms. The van der Waals surface area contributed by atoms with Crippen LogP contribution >= 0.6 is 11.8 Å². The number of hydrogen-bond donors (Lipinski definition) is 0. The van der Waals surface area contributed by atoms with Gasteiger partial charge >= 0.3 is 6.18 Å². The number of anilines is 15. The topological polar surface area (TPSA) is 16.2 Å². The first-order chi connectivity index (χ1) is 44.6. The highest BCUT2D eigenvalue weighted by atomic mass is 32.2. The first-order valence-electron chi connectivity index (χ1n) is 29.1. The smallest absolute Gasteiger partial charge is 0.311 e. The zero-order chi connectivity index (χ0) is 63.0. The summed E-state index contributed by atoms with van der Waals surface area (Å²) < 4.78 is 182. The Kier molecular flexibility index (Phi) is 13.2. The predicted octanol–water partition coefficient (Wildman–Crippen LogP) is 17.6. The standard InChI is InChI=1S/C73H40B2F11N5S/c76-50-24-13-25-51(77)69(50)87(41-17-3-1-4-18-41)43-35-62-67-63(36-43)90(71-54(80)28-15-29-55(71)81)59-33-11-8-22-46(59)74(67)48-39-49-65(40-61(48)89(62)58-32-10-7-21-45(58)73(84,85)86)92-66-38-44(88(42-19-5-2-6-20-42)70-52(78)26-14-27-53(70)79)37-64-68(66)75(49)47-23-9-12-34-60(47)91(64)72-56(82)30-16-31-57(72)83/h1-40H. The maximum absolute atomic E-state index is 17.0. The number of rotatable bonds is 9. The second kappa shape index (κ2) is 21.5. The number of benzene rings is 12. The lowest BCUT2D eigenvalue weighted by Gasteiger charge is -2.46. The summed E-state index contributed by atoms with van der Waals surface area (Å²) in [5.41, 5.74) is 1.22.